The summed E-state index contributed by atoms with van der Waals surface area (Å²) in [5.74, 6) is -0.405. The lowest BCUT2D eigenvalue weighted by molar-refractivity contribution is -0.141. The van der Waals surface area contributed by atoms with Crippen molar-refractivity contribution in [3.05, 3.63) is 59.4 Å². The van der Waals surface area contributed by atoms with E-state index in [1.54, 1.807) is 6.92 Å². The summed E-state index contributed by atoms with van der Waals surface area (Å²) in [4.78, 5) is 26.6. The molecular weight excluding hydrogens is 378 g/mol. The molecule has 0 radical (unpaired) electrons. The molecule has 2 amide bonds. The quantitative estimate of drug-likeness (QED) is 0.661. The normalized spacial score (nSPS) is 14.3. The Morgan fingerprint density at radius 3 is 2.63 bits per heavy atom. The highest BCUT2D eigenvalue weighted by molar-refractivity contribution is 5.81. The van der Waals surface area contributed by atoms with Crippen LogP contribution >= 0.6 is 0 Å². The lowest BCUT2D eigenvalue weighted by atomic mass is 9.94. The number of carbonyl (C=O) groups excluding carboxylic acids is 2. The van der Waals surface area contributed by atoms with Crippen LogP contribution < -0.4 is 5.32 Å². The van der Waals surface area contributed by atoms with Crippen LogP contribution in [0, 0.1) is 6.92 Å². The van der Waals surface area contributed by atoms with Crippen molar-refractivity contribution < 1.29 is 14.3 Å². The highest BCUT2D eigenvalue weighted by Crippen LogP contribution is 2.25. The van der Waals surface area contributed by atoms with Crippen molar-refractivity contribution >= 4 is 12.0 Å². The number of hydrogen-bond acceptors (Lipinski definition) is 3. The van der Waals surface area contributed by atoms with Gasteiger partial charge in [0.1, 0.15) is 6.54 Å². The number of amides is 2. The van der Waals surface area contributed by atoms with Gasteiger partial charge in [0, 0.05) is 24.5 Å². The van der Waals surface area contributed by atoms with Crippen molar-refractivity contribution in [1.82, 2.24) is 14.8 Å². The maximum Gasteiger partial charge on any atom is 0.325 e. The van der Waals surface area contributed by atoms with Crippen LogP contribution in [0.15, 0.2) is 42.6 Å². The predicted molar refractivity (Wildman–Crippen MR) is 117 cm³/mol. The molecule has 30 heavy (non-hydrogen) atoms. The maximum atomic E-state index is 13.0. The molecule has 0 saturated heterocycles. The second-order valence-corrected chi connectivity index (χ2v) is 7.94. The first kappa shape index (κ1) is 21.9. The van der Waals surface area contributed by atoms with Gasteiger partial charge in [-0.15, -0.1) is 0 Å². The van der Waals surface area contributed by atoms with Crippen LogP contribution in [0.25, 0.3) is 0 Å². The summed E-state index contributed by atoms with van der Waals surface area (Å²) in [5, 5.41) is 2.76. The molecule has 2 aromatic rings. The third-order valence-corrected chi connectivity index (χ3v) is 5.82. The Morgan fingerprint density at radius 2 is 1.90 bits per heavy atom. The molecule has 1 aromatic heterocycles. The second-order valence-electron chi connectivity index (χ2n) is 7.94. The summed E-state index contributed by atoms with van der Waals surface area (Å²) in [5.41, 5.74) is 3.62. The minimum absolute atomic E-state index is 0.0971. The standard InChI is InChI=1S/C24H33N3O3/c1-3-30-23(28)16-25-24(29)27(21-12-5-4-6-13-21)18-22-14-9-15-26(22)17-20-11-8-7-10-19(20)2/h7-11,14-15,21H,3-6,12-13,16-18H2,1-2H3,(H,25,29). The fourth-order valence-corrected chi connectivity index (χ4v) is 4.11. The van der Waals surface area contributed by atoms with Gasteiger partial charge in [-0.25, -0.2) is 4.79 Å². The Hall–Kier alpha value is -2.76. The Balaban J connectivity index is 1.73. The Kier molecular flexibility index (Phi) is 7.94. The highest BCUT2D eigenvalue weighted by atomic mass is 16.5. The molecule has 1 saturated carbocycles. The first-order valence-corrected chi connectivity index (χ1v) is 11.0. The van der Waals surface area contributed by atoms with E-state index >= 15 is 0 Å². The monoisotopic (exact) mass is 411 g/mol. The third kappa shape index (κ3) is 5.88. The van der Waals surface area contributed by atoms with Crippen LogP contribution in [-0.2, 0) is 22.6 Å². The molecule has 0 aliphatic heterocycles. The van der Waals surface area contributed by atoms with Gasteiger partial charge in [-0.05, 0) is 49.9 Å². The van der Waals surface area contributed by atoms with Gasteiger partial charge >= 0.3 is 12.0 Å². The molecule has 0 atom stereocenters. The van der Waals surface area contributed by atoms with E-state index in [-0.39, 0.29) is 18.6 Å². The summed E-state index contributed by atoms with van der Waals surface area (Å²) in [6, 6.07) is 12.5. The van der Waals surface area contributed by atoms with Gasteiger partial charge < -0.3 is 19.5 Å². The van der Waals surface area contributed by atoms with Crippen molar-refractivity contribution in [3.8, 4) is 0 Å². The summed E-state index contributed by atoms with van der Waals surface area (Å²) in [6.07, 6.45) is 7.57. The summed E-state index contributed by atoms with van der Waals surface area (Å²) in [7, 11) is 0. The fraction of sp³-hybridized carbons (Fsp3) is 0.500. The van der Waals surface area contributed by atoms with Crippen LogP contribution in [0.2, 0.25) is 0 Å². The van der Waals surface area contributed by atoms with Crippen LogP contribution in [0.1, 0.15) is 55.8 Å². The van der Waals surface area contributed by atoms with Crippen LogP contribution in [-0.4, -0.2) is 40.7 Å². The number of carbonyl (C=O) groups is 2. The van der Waals surface area contributed by atoms with Crippen LogP contribution in [0.3, 0.4) is 0 Å². The molecule has 6 nitrogen and oxygen atoms in total. The number of aromatic nitrogens is 1. The largest absolute Gasteiger partial charge is 0.465 e. The molecule has 6 heteroatoms. The van der Waals surface area contributed by atoms with E-state index < -0.39 is 5.97 Å². The van der Waals surface area contributed by atoms with Gasteiger partial charge in [0.05, 0.1) is 13.2 Å². The van der Waals surface area contributed by atoms with Crippen molar-refractivity contribution in [2.24, 2.45) is 0 Å². The van der Waals surface area contributed by atoms with Crippen molar-refractivity contribution in [2.45, 2.75) is 65.1 Å². The molecular formula is C24H33N3O3. The average molecular weight is 412 g/mol. The number of urea groups is 1. The Morgan fingerprint density at radius 1 is 1.13 bits per heavy atom. The third-order valence-electron chi connectivity index (χ3n) is 5.82. The molecule has 0 bridgehead atoms. The number of benzene rings is 1. The number of aryl methyl sites for hydroxylation is 1. The lowest BCUT2D eigenvalue weighted by Gasteiger charge is -2.34. The number of esters is 1. The zero-order valence-corrected chi connectivity index (χ0v) is 18.1. The summed E-state index contributed by atoms with van der Waals surface area (Å²) >= 11 is 0. The number of ether oxygens (including phenoxy) is 1. The van der Waals surface area contributed by atoms with Gasteiger partial charge in [0.25, 0.3) is 0 Å². The van der Waals surface area contributed by atoms with E-state index in [0.29, 0.717) is 13.2 Å². The fourth-order valence-electron chi connectivity index (χ4n) is 4.11. The van der Waals surface area contributed by atoms with Crippen LogP contribution in [0.4, 0.5) is 4.79 Å². The smallest absolute Gasteiger partial charge is 0.325 e. The Labute approximate surface area is 179 Å². The zero-order chi connectivity index (χ0) is 21.3. The first-order chi connectivity index (χ1) is 14.6. The van der Waals surface area contributed by atoms with Crippen molar-refractivity contribution in [1.29, 1.82) is 0 Å². The zero-order valence-electron chi connectivity index (χ0n) is 18.1. The number of nitrogens with one attached hydrogen (secondary N) is 1. The highest BCUT2D eigenvalue weighted by Gasteiger charge is 2.26. The average Bonchev–Trinajstić information content (AvgIpc) is 3.19. The van der Waals surface area contributed by atoms with Gasteiger partial charge in [0.15, 0.2) is 0 Å². The van der Waals surface area contributed by atoms with Gasteiger partial charge in [0.2, 0.25) is 0 Å². The molecule has 3 rings (SSSR count). The van der Waals surface area contributed by atoms with E-state index in [0.717, 1.165) is 37.9 Å². The minimum Gasteiger partial charge on any atom is -0.465 e. The topological polar surface area (TPSA) is 63.6 Å². The number of hydrogen-bond donors (Lipinski definition) is 1. The first-order valence-electron chi connectivity index (χ1n) is 11.0. The molecule has 1 heterocycles. The molecule has 0 unspecified atom stereocenters. The minimum atomic E-state index is -0.405. The van der Waals surface area contributed by atoms with Gasteiger partial charge in [-0.1, -0.05) is 43.5 Å². The molecule has 1 aliphatic rings. The van der Waals surface area contributed by atoms with Crippen molar-refractivity contribution in [2.75, 3.05) is 13.2 Å². The van der Waals surface area contributed by atoms with E-state index in [1.807, 2.05) is 17.0 Å². The van der Waals surface area contributed by atoms with E-state index in [4.69, 9.17) is 4.74 Å². The van der Waals surface area contributed by atoms with E-state index in [2.05, 4.69) is 47.3 Å². The SMILES string of the molecule is CCOC(=O)CNC(=O)N(Cc1cccn1Cc1ccccc1C)C1CCCCC1. The molecule has 1 aromatic carbocycles. The molecule has 162 valence electrons. The van der Waals surface area contributed by atoms with E-state index in [9.17, 15) is 9.59 Å². The van der Waals surface area contributed by atoms with Crippen LogP contribution in [0.5, 0.6) is 0 Å². The van der Waals surface area contributed by atoms with Gasteiger partial charge in [-0.3, -0.25) is 4.79 Å². The molecule has 0 spiro atoms. The Bertz CT molecular complexity index is 840. The van der Waals surface area contributed by atoms with Gasteiger partial charge in [-0.2, -0.15) is 0 Å². The number of rotatable bonds is 8. The molecule has 1 aliphatic carbocycles. The summed E-state index contributed by atoms with van der Waals surface area (Å²) < 4.78 is 7.15. The molecule has 1 N–H and O–H groups in total. The maximum absolute atomic E-state index is 13.0. The van der Waals surface area contributed by atoms with Crippen molar-refractivity contribution in [3.63, 3.8) is 0 Å². The molecule has 1 fully saturated rings. The number of nitrogens with zero attached hydrogens (tertiary/aromatic N) is 2. The van der Waals surface area contributed by atoms with E-state index in [1.165, 1.54) is 17.5 Å². The lowest BCUT2D eigenvalue weighted by Crippen LogP contribution is -2.48. The predicted octanol–water partition coefficient (Wildman–Crippen LogP) is 4.25. The second kappa shape index (κ2) is 10.9. The summed E-state index contributed by atoms with van der Waals surface area (Å²) in [6.45, 7) is 5.40.